The topological polar surface area (TPSA) is 49.9 Å². The molecule has 2 amide bonds. The molecule has 0 bridgehead atoms. The van der Waals surface area contributed by atoms with Crippen LogP contribution in [0.5, 0.6) is 5.75 Å². The zero-order chi connectivity index (χ0) is 16.4. The summed E-state index contributed by atoms with van der Waals surface area (Å²) >= 11 is 0. The Morgan fingerprint density at radius 2 is 2.09 bits per heavy atom. The zero-order valence-electron chi connectivity index (χ0n) is 13.8. The van der Waals surface area contributed by atoms with E-state index in [1.165, 1.54) is 0 Å². The molecule has 23 heavy (non-hydrogen) atoms. The third-order valence-electron chi connectivity index (χ3n) is 4.23. The van der Waals surface area contributed by atoms with Crippen molar-refractivity contribution in [2.75, 3.05) is 24.6 Å². The number of hydrogen-bond acceptors (Lipinski definition) is 3. The molecule has 3 rings (SSSR count). The van der Waals surface area contributed by atoms with Gasteiger partial charge in [0.05, 0.1) is 5.69 Å². The van der Waals surface area contributed by atoms with Crippen LogP contribution in [0.15, 0.2) is 24.3 Å². The van der Waals surface area contributed by atoms with Crippen molar-refractivity contribution in [3.8, 4) is 5.75 Å². The molecule has 2 aliphatic rings. The van der Waals surface area contributed by atoms with E-state index >= 15 is 0 Å². The number of carbonyl (C=O) groups excluding carboxylic acids is 2. The SMILES string of the molecule is CC(C)CN(C(=O)CCN1C(=O)COc2ccccc21)C1CC1. The Kier molecular flexibility index (Phi) is 4.55. The number of fused-ring (bicyclic) bond motifs is 1. The lowest BCUT2D eigenvalue weighted by atomic mass is 10.2. The summed E-state index contributed by atoms with van der Waals surface area (Å²) < 4.78 is 5.43. The molecule has 1 aromatic rings. The number of nitrogens with zero attached hydrogens (tertiary/aromatic N) is 2. The van der Waals surface area contributed by atoms with Crippen molar-refractivity contribution in [1.82, 2.24) is 4.90 Å². The van der Waals surface area contributed by atoms with Crippen LogP contribution in [0.1, 0.15) is 33.1 Å². The minimum atomic E-state index is -0.0849. The van der Waals surface area contributed by atoms with E-state index in [4.69, 9.17) is 4.74 Å². The average molecular weight is 316 g/mol. The van der Waals surface area contributed by atoms with Crippen LogP contribution >= 0.6 is 0 Å². The summed E-state index contributed by atoms with van der Waals surface area (Å²) in [6, 6.07) is 7.90. The van der Waals surface area contributed by atoms with E-state index in [0.717, 1.165) is 25.1 Å². The lowest BCUT2D eigenvalue weighted by molar-refractivity contribution is -0.132. The third kappa shape index (κ3) is 3.66. The molecule has 0 N–H and O–H groups in total. The molecule has 0 spiro atoms. The van der Waals surface area contributed by atoms with Crippen LogP contribution in [0.4, 0.5) is 5.69 Å². The first-order valence-corrected chi connectivity index (χ1v) is 8.38. The van der Waals surface area contributed by atoms with Crippen molar-refractivity contribution in [2.45, 2.75) is 39.2 Å². The molecule has 1 aliphatic carbocycles. The largest absolute Gasteiger partial charge is 0.482 e. The molecule has 1 heterocycles. The summed E-state index contributed by atoms with van der Waals surface area (Å²) in [4.78, 5) is 28.4. The van der Waals surface area contributed by atoms with Gasteiger partial charge in [-0.3, -0.25) is 9.59 Å². The van der Waals surface area contributed by atoms with Gasteiger partial charge in [-0.1, -0.05) is 26.0 Å². The third-order valence-corrected chi connectivity index (χ3v) is 4.23. The van der Waals surface area contributed by atoms with Gasteiger partial charge in [0.25, 0.3) is 5.91 Å². The van der Waals surface area contributed by atoms with E-state index in [-0.39, 0.29) is 18.4 Å². The van der Waals surface area contributed by atoms with Gasteiger partial charge < -0.3 is 14.5 Å². The molecule has 5 nitrogen and oxygen atoms in total. The molecule has 0 atom stereocenters. The van der Waals surface area contributed by atoms with Crippen molar-refractivity contribution in [1.29, 1.82) is 0 Å². The van der Waals surface area contributed by atoms with Crippen molar-refractivity contribution in [3.63, 3.8) is 0 Å². The second-order valence-corrected chi connectivity index (χ2v) is 6.72. The molecule has 5 heteroatoms. The molecule has 0 unspecified atom stereocenters. The summed E-state index contributed by atoms with van der Waals surface area (Å²) in [5.41, 5.74) is 0.762. The molecule has 124 valence electrons. The predicted molar refractivity (Wildman–Crippen MR) is 88.5 cm³/mol. The fourth-order valence-corrected chi connectivity index (χ4v) is 2.98. The first kappa shape index (κ1) is 15.8. The first-order valence-electron chi connectivity index (χ1n) is 8.38. The summed E-state index contributed by atoms with van der Waals surface area (Å²) in [5, 5.41) is 0. The van der Waals surface area contributed by atoms with E-state index in [9.17, 15) is 9.59 Å². The van der Waals surface area contributed by atoms with Gasteiger partial charge in [0.15, 0.2) is 6.61 Å². The maximum absolute atomic E-state index is 12.6. The molecule has 0 radical (unpaired) electrons. The summed E-state index contributed by atoms with van der Waals surface area (Å²) in [6.45, 7) is 5.52. The minimum Gasteiger partial charge on any atom is -0.482 e. The maximum Gasteiger partial charge on any atom is 0.265 e. The Hall–Kier alpha value is -2.04. The van der Waals surface area contributed by atoms with Crippen LogP contribution in [-0.2, 0) is 9.59 Å². The highest BCUT2D eigenvalue weighted by Gasteiger charge is 2.33. The molecular weight excluding hydrogens is 292 g/mol. The molecule has 1 saturated carbocycles. The highest BCUT2D eigenvalue weighted by atomic mass is 16.5. The maximum atomic E-state index is 12.6. The Balaban J connectivity index is 1.65. The average Bonchev–Trinajstić information content (AvgIpc) is 3.36. The summed E-state index contributed by atoms with van der Waals surface area (Å²) in [6.07, 6.45) is 2.58. The Bertz CT molecular complexity index is 596. The lowest BCUT2D eigenvalue weighted by Crippen LogP contribution is -2.42. The number of ether oxygens (including phenoxy) is 1. The molecule has 0 aromatic heterocycles. The van der Waals surface area contributed by atoms with E-state index in [1.807, 2.05) is 29.2 Å². The van der Waals surface area contributed by atoms with Gasteiger partial charge in [0, 0.05) is 25.6 Å². The highest BCUT2D eigenvalue weighted by Crippen LogP contribution is 2.32. The number of carbonyl (C=O) groups is 2. The van der Waals surface area contributed by atoms with Crippen molar-refractivity contribution in [2.24, 2.45) is 5.92 Å². The molecule has 1 aliphatic heterocycles. The lowest BCUT2D eigenvalue weighted by Gasteiger charge is -2.30. The quantitative estimate of drug-likeness (QED) is 0.810. The number of anilines is 1. The van der Waals surface area contributed by atoms with Crippen molar-refractivity contribution in [3.05, 3.63) is 24.3 Å². The van der Waals surface area contributed by atoms with Gasteiger partial charge >= 0.3 is 0 Å². The van der Waals surface area contributed by atoms with E-state index in [2.05, 4.69) is 13.8 Å². The molecule has 0 saturated heterocycles. The van der Waals surface area contributed by atoms with Gasteiger partial charge in [0.1, 0.15) is 5.75 Å². The van der Waals surface area contributed by atoms with Gasteiger partial charge in [0.2, 0.25) is 5.91 Å². The Morgan fingerprint density at radius 1 is 1.35 bits per heavy atom. The smallest absolute Gasteiger partial charge is 0.265 e. The minimum absolute atomic E-state index is 0.0452. The Morgan fingerprint density at radius 3 is 2.78 bits per heavy atom. The highest BCUT2D eigenvalue weighted by molar-refractivity contribution is 5.98. The van der Waals surface area contributed by atoms with Gasteiger partial charge in [-0.2, -0.15) is 0 Å². The van der Waals surface area contributed by atoms with Crippen molar-refractivity contribution >= 4 is 17.5 Å². The van der Waals surface area contributed by atoms with Crippen molar-refractivity contribution < 1.29 is 14.3 Å². The monoisotopic (exact) mass is 316 g/mol. The second kappa shape index (κ2) is 6.60. The molecule has 1 fully saturated rings. The number of benzene rings is 1. The summed E-state index contributed by atoms with van der Waals surface area (Å²) in [7, 11) is 0. The van der Waals surface area contributed by atoms with Crippen LogP contribution in [0.25, 0.3) is 0 Å². The van der Waals surface area contributed by atoms with Crippen LogP contribution in [0.2, 0.25) is 0 Å². The van der Waals surface area contributed by atoms with E-state index in [1.54, 1.807) is 4.90 Å². The summed E-state index contributed by atoms with van der Waals surface area (Å²) in [5.74, 6) is 1.24. The zero-order valence-corrected chi connectivity index (χ0v) is 13.8. The van der Waals surface area contributed by atoms with E-state index < -0.39 is 0 Å². The fraction of sp³-hybridized carbons (Fsp3) is 0.556. The van der Waals surface area contributed by atoms with Crippen LogP contribution in [0, 0.1) is 5.92 Å². The van der Waals surface area contributed by atoms with Gasteiger partial charge in [-0.15, -0.1) is 0 Å². The van der Waals surface area contributed by atoms with Gasteiger partial charge in [-0.05, 0) is 30.9 Å². The number of para-hydroxylation sites is 2. The van der Waals surface area contributed by atoms with E-state index in [0.29, 0.717) is 30.7 Å². The second-order valence-electron chi connectivity index (χ2n) is 6.72. The molecular formula is C18H24N2O3. The number of amides is 2. The fourth-order valence-electron chi connectivity index (χ4n) is 2.98. The number of hydrogen-bond donors (Lipinski definition) is 0. The standard InChI is InChI=1S/C18H24N2O3/c1-13(2)11-20(14-7-8-14)17(21)9-10-19-15-5-3-4-6-16(15)23-12-18(19)22/h3-6,13-14H,7-12H2,1-2H3. The first-order chi connectivity index (χ1) is 11.1. The Labute approximate surface area is 137 Å². The number of rotatable bonds is 6. The predicted octanol–water partition coefficient (Wildman–Crippen LogP) is 2.45. The van der Waals surface area contributed by atoms with Crippen LogP contribution < -0.4 is 9.64 Å². The van der Waals surface area contributed by atoms with Gasteiger partial charge in [-0.25, -0.2) is 0 Å². The normalized spacial score (nSPS) is 17.0. The molecule has 1 aromatic carbocycles. The van der Waals surface area contributed by atoms with Crippen LogP contribution in [0.3, 0.4) is 0 Å². The van der Waals surface area contributed by atoms with Crippen LogP contribution in [-0.4, -0.2) is 42.5 Å².